The molecule has 0 heterocycles. The summed E-state index contributed by atoms with van der Waals surface area (Å²) in [6.45, 7) is 7.27. The van der Waals surface area contributed by atoms with Gasteiger partial charge in [-0.1, -0.05) is 19.7 Å². The van der Waals surface area contributed by atoms with E-state index in [1.54, 1.807) is 0 Å². The standard InChI is InChI=1S/C16H18O10/c1-4-11(17)23-7-16(8-24-12(18)5-2,9-25-13(19)6-3)10-26-15(22)14(20)21/h4-6H,1-3,7-10H2,(H,20,21). The number of rotatable bonds is 11. The number of aliphatic carboxylic acids is 1. The van der Waals surface area contributed by atoms with Crippen molar-refractivity contribution in [3.05, 3.63) is 38.0 Å². The summed E-state index contributed by atoms with van der Waals surface area (Å²) in [5, 5.41) is 8.58. The zero-order valence-electron chi connectivity index (χ0n) is 13.8. The van der Waals surface area contributed by atoms with Crippen molar-refractivity contribution in [1.29, 1.82) is 0 Å². The molecule has 26 heavy (non-hydrogen) atoms. The Balaban J connectivity index is 5.44. The Morgan fingerprint density at radius 2 is 1.00 bits per heavy atom. The predicted molar refractivity (Wildman–Crippen MR) is 84.5 cm³/mol. The number of carbonyl (C=O) groups excluding carboxylic acids is 4. The van der Waals surface area contributed by atoms with Gasteiger partial charge in [-0.05, 0) is 0 Å². The van der Waals surface area contributed by atoms with Gasteiger partial charge in [-0.25, -0.2) is 24.0 Å². The van der Waals surface area contributed by atoms with Gasteiger partial charge in [-0.3, -0.25) is 0 Å². The number of esters is 4. The minimum Gasteiger partial charge on any atom is -0.473 e. The molecule has 10 heteroatoms. The molecule has 0 fully saturated rings. The predicted octanol–water partition coefficient (Wildman–Crippen LogP) is -0.212. The lowest BCUT2D eigenvalue weighted by Crippen LogP contribution is -2.44. The molecule has 0 aliphatic rings. The maximum atomic E-state index is 11.3. The van der Waals surface area contributed by atoms with Crippen molar-refractivity contribution in [3.8, 4) is 0 Å². The first kappa shape index (κ1) is 22.6. The molecule has 0 unspecified atom stereocenters. The van der Waals surface area contributed by atoms with E-state index in [0.717, 1.165) is 18.2 Å². The normalized spacial score (nSPS) is 10.0. The summed E-state index contributed by atoms with van der Waals surface area (Å²) in [5.41, 5.74) is -1.57. The number of carboxylic acids is 1. The van der Waals surface area contributed by atoms with E-state index < -0.39 is 61.7 Å². The summed E-state index contributed by atoms with van der Waals surface area (Å²) < 4.78 is 19.1. The highest BCUT2D eigenvalue weighted by Gasteiger charge is 2.38. The molecule has 0 aliphatic carbocycles. The molecule has 0 spiro atoms. The molecule has 0 aromatic carbocycles. The maximum Gasteiger partial charge on any atom is 0.417 e. The Labute approximate surface area is 148 Å². The van der Waals surface area contributed by atoms with Crippen LogP contribution >= 0.6 is 0 Å². The van der Waals surface area contributed by atoms with Crippen molar-refractivity contribution in [2.45, 2.75) is 0 Å². The molecule has 0 radical (unpaired) electrons. The van der Waals surface area contributed by atoms with Crippen LogP contribution in [-0.2, 0) is 42.9 Å². The Morgan fingerprint density at radius 3 is 1.27 bits per heavy atom. The molecule has 0 atom stereocenters. The molecule has 0 aromatic heterocycles. The Hall–Kier alpha value is -3.43. The van der Waals surface area contributed by atoms with Gasteiger partial charge in [0.2, 0.25) is 0 Å². The van der Waals surface area contributed by atoms with Crippen LogP contribution in [0.1, 0.15) is 0 Å². The van der Waals surface area contributed by atoms with Crippen LogP contribution in [0.4, 0.5) is 0 Å². The minimum absolute atomic E-state index is 0.542. The lowest BCUT2D eigenvalue weighted by Gasteiger charge is -2.30. The Morgan fingerprint density at radius 1 is 0.692 bits per heavy atom. The lowest BCUT2D eigenvalue weighted by atomic mass is 9.92. The van der Waals surface area contributed by atoms with Gasteiger partial charge in [0, 0.05) is 18.2 Å². The van der Waals surface area contributed by atoms with Gasteiger partial charge < -0.3 is 24.1 Å². The summed E-state index contributed by atoms with van der Waals surface area (Å²) >= 11 is 0. The van der Waals surface area contributed by atoms with Crippen molar-refractivity contribution in [2.75, 3.05) is 26.4 Å². The van der Waals surface area contributed by atoms with Crippen LogP contribution in [-0.4, -0.2) is 61.4 Å². The molecule has 142 valence electrons. The topological polar surface area (TPSA) is 142 Å². The number of hydrogen-bond acceptors (Lipinski definition) is 9. The number of hydrogen-bond donors (Lipinski definition) is 1. The zero-order valence-corrected chi connectivity index (χ0v) is 13.8. The largest absolute Gasteiger partial charge is 0.473 e. The monoisotopic (exact) mass is 370 g/mol. The van der Waals surface area contributed by atoms with E-state index in [1.807, 2.05) is 0 Å². The van der Waals surface area contributed by atoms with E-state index >= 15 is 0 Å². The highest BCUT2D eigenvalue weighted by Crippen LogP contribution is 2.21. The second kappa shape index (κ2) is 11.2. The highest BCUT2D eigenvalue weighted by molar-refractivity contribution is 6.28. The average molecular weight is 370 g/mol. The van der Waals surface area contributed by atoms with Crippen molar-refractivity contribution >= 4 is 29.8 Å². The van der Waals surface area contributed by atoms with Gasteiger partial charge in [0.1, 0.15) is 31.8 Å². The van der Waals surface area contributed by atoms with Crippen LogP contribution in [0.2, 0.25) is 0 Å². The third-order valence-electron chi connectivity index (χ3n) is 2.75. The van der Waals surface area contributed by atoms with Crippen molar-refractivity contribution in [2.24, 2.45) is 5.41 Å². The number of ether oxygens (including phenoxy) is 4. The van der Waals surface area contributed by atoms with E-state index in [0.29, 0.717) is 0 Å². The van der Waals surface area contributed by atoms with Crippen LogP contribution in [0.25, 0.3) is 0 Å². The van der Waals surface area contributed by atoms with Crippen molar-refractivity contribution in [1.82, 2.24) is 0 Å². The first-order valence-electron chi connectivity index (χ1n) is 6.97. The van der Waals surface area contributed by atoms with E-state index in [1.165, 1.54) is 0 Å². The molecule has 0 amide bonds. The summed E-state index contributed by atoms with van der Waals surface area (Å²) in [6.07, 6.45) is 2.54. The molecule has 10 nitrogen and oxygen atoms in total. The van der Waals surface area contributed by atoms with Crippen LogP contribution in [0.15, 0.2) is 38.0 Å². The molecular weight excluding hydrogens is 352 g/mol. The molecule has 0 aliphatic heterocycles. The van der Waals surface area contributed by atoms with E-state index in [-0.39, 0.29) is 0 Å². The highest BCUT2D eigenvalue weighted by atomic mass is 16.6. The summed E-state index contributed by atoms with van der Waals surface area (Å²) in [6, 6.07) is 0. The first-order valence-corrected chi connectivity index (χ1v) is 6.97. The van der Waals surface area contributed by atoms with Crippen LogP contribution in [0.3, 0.4) is 0 Å². The van der Waals surface area contributed by atoms with E-state index in [4.69, 9.17) is 19.3 Å². The molecule has 0 aromatic rings. The fraction of sp³-hybridized carbons (Fsp3) is 0.312. The molecule has 0 saturated heterocycles. The van der Waals surface area contributed by atoms with Crippen LogP contribution in [0.5, 0.6) is 0 Å². The third-order valence-corrected chi connectivity index (χ3v) is 2.75. The van der Waals surface area contributed by atoms with Gasteiger partial charge in [0.25, 0.3) is 0 Å². The van der Waals surface area contributed by atoms with Gasteiger partial charge in [-0.2, -0.15) is 0 Å². The smallest absolute Gasteiger partial charge is 0.417 e. The van der Waals surface area contributed by atoms with Gasteiger partial charge in [0.15, 0.2) is 0 Å². The molecule has 0 saturated carbocycles. The maximum absolute atomic E-state index is 11.3. The van der Waals surface area contributed by atoms with E-state index in [2.05, 4.69) is 24.5 Å². The SMILES string of the molecule is C=CC(=O)OCC(COC(=O)C=C)(COC(=O)C=C)COC(=O)C(=O)O. The van der Waals surface area contributed by atoms with Crippen molar-refractivity contribution < 1.29 is 48.0 Å². The van der Waals surface area contributed by atoms with E-state index in [9.17, 15) is 24.0 Å². The van der Waals surface area contributed by atoms with Gasteiger partial charge in [-0.15, -0.1) is 0 Å². The minimum atomic E-state index is -1.87. The fourth-order valence-electron chi connectivity index (χ4n) is 1.38. The zero-order chi connectivity index (χ0) is 20.2. The first-order chi connectivity index (χ1) is 12.2. The average Bonchev–Trinajstić information content (AvgIpc) is 2.65. The van der Waals surface area contributed by atoms with Gasteiger partial charge >= 0.3 is 29.8 Å². The summed E-state index contributed by atoms with van der Waals surface area (Å²) in [7, 11) is 0. The Kier molecular flexibility index (Phi) is 9.71. The quantitative estimate of drug-likeness (QED) is 0.224. The second-order valence-electron chi connectivity index (χ2n) is 4.82. The number of carboxylic acid groups (broad SMARTS) is 1. The van der Waals surface area contributed by atoms with Crippen molar-refractivity contribution in [3.63, 3.8) is 0 Å². The summed E-state index contributed by atoms with van der Waals surface area (Å²) in [4.78, 5) is 55.7. The summed E-state index contributed by atoms with van der Waals surface area (Å²) in [5.74, 6) is -6.04. The molecule has 1 N–H and O–H groups in total. The molecule has 0 rings (SSSR count). The van der Waals surface area contributed by atoms with Crippen LogP contribution < -0.4 is 0 Å². The number of carbonyl (C=O) groups is 5. The Bertz CT molecular complexity index is 544. The van der Waals surface area contributed by atoms with Gasteiger partial charge in [0.05, 0.1) is 0 Å². The second-order valence-corrected chi connectivity index (χ2v) is 4.82. The fourth-order valence-corrected chi connectivity index (χ4v) is 1.38. The lowest BCUT2D eigenvalue weighted by molar-refractivity contribution is -0.174. The third kappa shape index (κ3) is 8.43. The molecular formula is C16H18O10. The van der Waals surface area contributed by atoms with Crippen LogP contribution in [0, 0.1) is 5.41 Å². The molecule has 0 bridgehead atoms.